The number of rotatable bonds is 9. The molecular formula is C29H40F3NO4. The molecule has 1 heterocycles. The Kier molecular flexibility index (Phi) is 12.3. The van der Waals surface area contributed by atoms with Crippen molar-refractivity contribution >= 4 is 5.97 Å². The Hall–Kier alpha value is -2.00. The molecule has 4 unspecified atom stereocenters. The lowest BCUT2D eigenvalue weighted by Gasteiger charge is -2.33. The summed E-state index contributed by atoms with van der Waals surface area (Å²) in [6, 6.07) is 0. The molecule has 0 spiro atoms. The van der Waals surface area contributed by atoms with Gasteiger partial charge in [-0.1, -0.05) is 36.7 Å². The molecule has 4 atom stereocenters. The predicted octanol–water partition coefficient (Wildman–Crippen LogP) is 5.40. The Morgan fingerprint density at radius 1 is 0.946 bits per heavy atom. The molecule has 2 saturated carbocycles. The van der Waals surface area contributed by atoms with Crippen LogP contribution < -0.4 is 5.32 Å². The van der Waals surface area contributed by atoms with Crippen molar-refractivity contribution in [3.8, 4) is 23.7 Å². The summed E-state index contributed by atoms with van der Waals surface area (Å²) >= 11 is 0. The van der Waals surface area contributed by atoms with Crippen LogP contribution in [0.4, 0.5) is 13.2 Å². The molecule has 0 bridgehead atoms. The number of carbonyl (C=O) groups excluding carboxylic acids is 1. The molecule has 0 radical (unpaired) electrons. The number of halogens is 3. The van der Waals surface area contributed by atoms with Crippen molar-refractivity contribution in [2.75, 3.05) is 26.4 Å². The second kappa shape index (κ2) is 15.4. The highest BCUT2D eigenvalue weighted by molar-refractivity contribution is 5.81. The largest absolute Gasteiger partial charge is 0.463 e. The smallest absolute Gasteiger partial charge is 0.393 e. The summed E-state index contributed by atoms with van der Waals surface area (Å²) in [4.78, 5) is 11.0. The fourth-order valence-corrected chi connectivity index (χ4v) is 5.19. The third-order valence-electron chi connectivity index (χ3n) is 7.36. The van der Waals surface area contributed by atoms with Crippen molar-refractivity contribution in [2.24, 2.45) is 23.7 Å². The van der Waals surface area contributed by atoms with E-state index in [1.54, 1.807) is 0 Å². The normalized spacial score (nSPS) is 29.9. The van der Waals surface area contributed by atoms with Crippen molar-refractivity contribution < 1.29 is 32.2 Å². The molecule has 1 aliphatic heterocycles. The minimum Gasteiger partial charge on any atom is -0.463 e. The van der Waals surface area contributed by atoms with Gasteiger partial charge in [0.1, 0.15) is 0 Å². The Morgan fingerprint density at radius 2 is 1.65 bits per heavy atom. The summed E-state index contributed by atoms with van der Waals surface area (Å²) in [5.74, 6) is 9.71. The Bertz CT molecular complexity index is 839. The first kappa shape index (κ1) is 29.6. The molecular weight excluding hydrogens is 483 g/mol. The molecule has 2 aliphatic carbocycles. The molecule has 5 nitrogen and oxygen atoms in total. The fraction of sp³-hybridized carbons (Fsp3) is 0.759. The summed E-state index contributed by atoms with van der Waals surface area (Å²) < 4.78 is 57.6. The van der Waals surface area contributed by atoms with Crippen LogP contribution in [0.2, 0.25) is 0 Å². The van der Waals surface area contributed by atoms with Crippen LogP contribution in [0.25, 0.3) is 0 Å². The number of esters is 1. The zero-order valence-corrected chi connectivity index (χ0v) is 21.6. The second-order valence-corrected chi connectivity index (χ2v) is 10.2. The van der Waals surface area contributed by atoms with Gasteiger partial charge < -0.3 is 14.2 Å². The van der Waals surface area contributed by atoms with Crippen molar-refractivity contribution in [2.45, 2.75) is 89.1 Å². The van der Waals surface area contributed by atoms with Crippen LogP contribution >= 0.6 is 0 Å². The molecule has 0 aromatic carbocycles. The van der Waals surface area contributed by atoms with Gasteiger partial charge in [0.2, 0.25) is 0 Å². The van der Waals surface area contributed by atoms with E-state index in [0.29, 0.717) is 32.6 Å². The Balaban J connectivity index is 1.32. The average Bonchev–Trinajstić information content (AvgIpc) is 3.41. The lowest BCUT2D eigenvalue weighted by atomic mass is 9.74. The maximum absolute atomic E-state index is 13.8. The first-order valence-corrected chi connectivity index (χ1v) is 13.7. The Morgan fingerprint density at radius 3 is 2.32 bits per heavy atom. The van der Waals surface area contributed by atoms with Crippen molar-refractivity contribution in [3.05, 3.63) is 12.7 Å². The van der Waals surface area contributed by atoms with E-state index in [2.05, 4.69) is 35.6 Å². The number of nitrogens with one attached hydrogen (secondary N) is 1. The third kappa shape index (κ3) is 10.7. The van der Waals surface area contributed by atoms with Gasteiger partial charge in [0.25, 0.3) is 0 Å². The molecule has 3 rings (SSSR count). The van der Waals surface area contributed by atoms with Crippen LogP contribution in [0.15, 0.2) is 12.7 Å². The second-order valence-electron chi connectivity index (χ2n) is 10.2. The van der Waals surface area contributed by atoms with Crippen molar-refractivity contribution in [1.82, 2.24) is 5.32 Å². The van der Waals surface area contributed by atoms with E-state index < -0.39 is 24.2 Å². The average molecular weight is 524 g/mol. The van der Waals surface area contributed by atoms with Gasteiger partial charge in [-0.2, -0.15) is 13.2 Å². The highest BCUT2D eigenvalue weighted by Crippen LogP contribution is 2.43. The van der Waals surface area contributed by atoms with Gasteiger partial charge in [-0.05, 0) is 64.2 Å². The van der Waals surface area contributed by atoms with E-state index in [9.17, 15) is 18.0 Å². The SMILES string of the molecule is C=CC(=O)OCCCCCCOC1CCC(C#CC2CCC(C#CC3NCCO3)C(C(F)(F)F)C2)CC1. The highest BCUT2D eigenvalue weighted by Gasteiger charge is 2.47. The van der Waals surface area contributed by atoms with Gasteiger partial charge in [0.15, 0.2) is 6.23 Å². The van der Waals surface area contributed by atoms with E-state index in [1.165, 1.54) is 6.08 Å². The summed E-state index contributed by atoms with van der Waals surface area (Å²) in [7, 11) is 0. The van der Waals surface area contributed by atoms with Gasteiger partial charge >= 0.3 is 12.1 Å². The van der Waals surface area contributed by atoms with E-state index in [-0.39, 0.29) is 30.3 Å². The van der Waals surface area contributed by atoms with Crippen LogP contribution in [0.3, 0.4) is 0 Å². The van der Waals surface area contributed by atoms with E-state index in [1.807, 2.05) is 0 Å². The molecule has 8 heteroatoms. The lowest BCUT2D eigenvalue weighted by Crippen LogP contribution is -2.35. The molecule has 0 aromatic rings. The highest BCUT2D eigenvalue weighted by atomic mass is 19.4. The summed E-state index contributed by atoms with van der Waals surface area (Å²) in [6.07, 6.45) is 5.42. The number of ether oxygens (including phenoxy) is 3. The Labute approximate surface area is 219 Å². The number of hydrogen-bond donors (Lipinski definition) is 1. The minimum absolute atomic E-state index is 0.0317. The molecule has 0 amide bonds. The first-order chi connectivity index (χ1) is 17.8. The van der Waals surface area contributed by atoms with E-state index >= 15 is 0 Å². The molecule has 3 aliphatic rings. The van der Waals surface area contributed by atoms with Crippen LogP contribution in [0, 0.1) is 47.4 Å². The van der Waals surface area contributed by atoms with Gasteiger partial charge in [-0.25, -0.2) is 4.79 Å². The number of unbranched alkanes of at least 4 members (excludes halogenated alkanes) is 3. The summed E-state index contributed by atoms with van der Waals surface area (Å²) in [5.41, 5.74) is 0. The van der Waals surface area contributed by atoms with Crippen LogP contribution in [0.5, 0.6) is 0 Å². The molecule has 1 saturated heterocycles. The van der Waals surface area contributed by atoms with Gasteiger partial charge in [0, 0.05) is 37.0 Å². The van der Waals surface area contributed by atoms with Crippen LogP contribution in [-0.2, 0) is 19.0 Å². The van der Waals surface area contributed by atoms with E-state index in [0.717, 1.165) is 58.0 Å². The van der Waals surface area contributed by atoms with Gasteiger partial charge in [0.05, 0.1) is 25.2 Å². The maximum Gasteiger partial charge on any atom is 0.393 e. The quantitative estimate of drug-likeness (QED) is 0.190. The van der Waals surface area contributed by atoms with Crippen molar-refractivity contribution in [1.29, 1.82) is 0 Å². The van der Waals surface area contributed by atoms with Gasteiger partial charge in [-0.15, -0.1) is 0 Å². The molecule has 37 heavy (non-hydrogen) atoms. The predicted molar refractivity (Wildman–Crippen MR) is 135 cm³/mol. The molecule has 206 valence electrons. The standard InChI is InChI=1S/C29H40F3NO4/c1-2-28(34)37-19-6-4-3-5-18-35-25-14-10-22(11-15-25)7-8-23-9-12-24(26(21-23)29(30,31)32)13-16-27-33-17-20-36-27/h2,22-27,33H,1,3-6,9-12,14-15,17-21H2. The third-order valence-corrected chi connectivity index (χ3v) is 7.36. The van der Waals surface area contributed by atoms with Crippen LogP contribution in [0.1, 0.15) is 70.6 Å². The summed E-state index contributed by atoms with van der Waals surface area (Å²) in [5, 5.41) is 3.02. The number of hydrogen-bond acceptors (Lipinski definition) is 5. The molecule has 3 fully saturated rings. The zero-order chi connectivity index (χ0) is 26.5. The topological polar surface area (TPSA) is 56.8 Å². The molecule has 0 aromatic heterocycles. The van der Waals surface area contributed by atoms with Gasteiger partial charge in [-0.3, -0.25) is 5.32 Å². The van der Waals surface area contributed by atoms with E-state index in [4.69, 9.17) is 14.2 Å². The lowest BCUT2D eigenvalue weighted by molar-refractivity contribution is -0.192. The molecule has 1 N–H and O–H groups in total. The van der Waals surface area contributed by atoms with Crippen molar-refractivity contribution in [3.63, 3.8) is 0 Å². The zero-order valence-electron chi connectivity index (χ0n) is 21.6. The number of alkyl halides is 3. The monoisotopic (exact) mass is 523 g/mol. The summed E-state index contributed by atoms with van der Waals surface area (Å²) in [6.45, 7) is 5.73. The van der Waals surface area contributed by atoms with Crippen LogP contribution in [-0.4, -0.2) is 50.8 Å². The number of carbonyl (C=O) groups is 1. The first-order valence-electron chi connectivity index (χ1n) is 13.7. The minimum atomic E-state index is -4.27. The maximum atomic E-state index is 13.8. The fourth-order valence-electron chi connectivity index (χ4n) is 5.19.